The molecule has 0 bridgehead atoms. The van der Waals surface area contributed by atoms with E-state index in [-0.39, 0.29) is 5.78 Å². The summed E-state index contributed by atoms with van der Waals surface area (Å²) in [6.45, 7) is 13.8. The summed E-state index contributed by atoms with van der Waals surface area (Å²) in [4.78, 5) is 10.7. The highest BCUT2D eigenvalue weighted by atomic mass is 28.4. The molecule has 0 saturated carbocycles. The van der Waals surface area contributed by atoms with Crippen LogP contribution in [0, 0.1) is 0 Å². The highest BCUT2D eigenvalue weighted by molar-refractivity contribution is 6.74. The monoisotopic (exact) mass is 256 g/mol. The fourth-order valence-electron chi connectivity index (χ4n) is 1.16. The lowest BCUT2D eigenvalue weighted by Crippen LogP contribution is -2.40. The Hall–Kier alpha value is -0.413. The Balaban J connectivity index is 3.69. The Labute approximate surface area is 108 Å². The van der Waals surface area contributed by atoms with Crippen LogP contribution in [0.5, 0.6) is 0 Å². The van der Waals surface area contributed by atoms with Crippen LogP contribution in [0.1, 0.15) is 47.0 Å². The van der Waals surface area contributed by atoms with Crippen LogP contribution in [0.25, 0.3) is 0 Å². The number of allylic oxidation sites excluding steroid dienone is 2. The predicted molar refractivity (Wildman–Crippen MR) is 76.8 cm³/mol. The zero-order valence-corrected chi connectivity index (χ0v) is 13.3. The van der Waals surface area contributed by atoms with Crippen LogP contribution in [0.15, 0.2) is 12.2 Å². The van der Waals surface area contributed by atoms with Crippen molar-refractivity contribution in [1.82, 2.24) is 0 Å². The summed E-state index contributed by atoms with van der Waals surface area (Å²) in [7, 11) is -1.56. The van der Waals surface area contributed by atoms with Gasteiger partial charge in [0.05, 0.1) is 0 Å². The van der Waals surface area contributed by atoms with E-state index in [1.807, 2.05) is 6.08 Å². The standard InChI is InChI=1S/C14H28O2Si/c1-13(15)11-9-7-8-10-12-16-17(5,6)14(2,3)4/h9,11H,7-8,10,12H2,1-6H3/b11-9-. The first-order valence-electron chi connectivity index (χ1n) is 6.48. The van der Waals surface area contributed by atoms with Crippen LogP contribution < -0.4 is 0 Å². The molecule has 0 heterocycles. The smallest absolute Gasteiger partial charge is 0.191 e. The van der Waals surface area contributed by atoms with Gasteiger partial charge in [0, 0.05) is 6.61 Å². The van der Waals surface area contributed by atoms with Gasteiger partial charge in [-0.15, -0.1) is 0 Å². The van der Waals surface area contributed by atoms with Crippen molar-refractivity contribution in [3.63, 3.8) is 0 Å². The minimum Gasteiger partial charge on any atom is -0.417 e. The molecule has 0 radical (unpaired) electrons. The molecule has 0 aromatic rings. The Morgan fingerprint density at radius 2 is 1.82 bits per heavy atom. The summed E-state index contributed by atoms with van der Waals surface area (Å²) in [6, 6.07) is 0. The van der Waals surface area contributed by atoms with Crippen molar-refractivity contribution in [3.05, 3.63) is 12.2 Å². The molecule has 100 valence electrons. The normalized spacial score (nSPS) is 13.3. The summed E-state index contributed by atoms with van der Waals surface area (Å²) in [6.07, 6.45) is 6.75. The maximum absolute atomic E-state index is 10.7. The van der Waals surface area contributed by atoms with E-state index in [4.69, 9.17) is 4.43 Å². The van der Waals surface area contributed by atoms with Crippen molar-refractivity contribution in [2.45, 2.75) is 65.1 Å². The second kappa shape index (κ2) is 7.12. The Bertz CT molecular complexity index is 262. The van der Waals surface area contributed by atoms with Crippen molar-refractivity contribution < 1.29 is 9.22 Å². The number of ketones is 1. The highest BCUT2D eigenvalue weighted by Crippen LogP contribution is 2.36. The number of hydrogen-bond donors (Lipinski definition) is 0. The second-order valence-corrected chi connectivity index (χ2v) is 10.9. The van der Waals surface area contributed by atoms with E-state index in [2.05, 4.69) is 33.9 Å². The summed E-state index contributed by atoms with van der Waals surface area (Å²) < 4.78 is 6.07. The molecule has 0 unspecified atom stereocenters. The fourth-order valence-corrected chi connectivity index (χ4v) is 2.25. The lowest BCUT2D eigenvalue weighted by atomic mass is 10.2. The molecule has 0 aromatic heterocycles. The SMILES string of the molecule is CC(=O)/C=C\CCCCO[Si](C)(C)C(C)(C)C. The van der Waals surface area contributed by atoms with Gasteiger partial charge in [-0.1, -0.05) is 26.8 Å². The molecule has 0 aromatic carbocycles. The van der Waals surface area contributed by atoms with E-state index >= 15 is 0 Å². The van der Waals surface area contributed by atoms with Crippen LogP contribution in [0.4, 0.5) is 0 Å². The average molecular weight is 256 g/mol. The molecule has 0 N–H and O–H groups in total. The third-order valence-corrected chi connectivity index (χ3v) is 7.92. The van der Waals surface area contributed by atoms with Crippen LogP contribution in [-0.2, 0) is 9.22 Å². The Kier molecular flexibility index (Phi) is 6.94. The summed E-state index contributed by atoms with van der Waals surface area (Å²) >= 11 is 0. The van der Waals surface area contributed by atoms with Gasteiger partial charge in [-0.25, -0.2) is 0 Å². The van der Waals surface area contributed by atoms with Crippen molar-refractivity contribution >= 4 is 14.1 Å². The quantitative estimate of drug-likeness (QED) is 0.385. The van der Waals surface area contributed by atoms with Gasteiger partial charge >= 0.3 is 0 Å². The molecule has 17 heavy (non-hydrogen) atoms. The molecule has 0 aliphatic heterocycles. The summed E-state index contributed by atoms with van der Waals surface area (Å²) in [5.74, 6) is 0.127. The minimum atomic E-state index is -1.56. The third-order valence-electron chi connectivity index (χ3n) is 3.39. The van der Waals surface area contributed by atoms with Gasteiger partial charge < -0.3 is 4.43 Å². The predicted octanol–water partition coefficient (Wildman–Crippen LogP) is 4.32. The van der Waals surface area contributed by atoms with E-state index in [0.717, 1.165) is 25.9 Å². The molecule has 0 spiro atoms. The first-order valence-corrected chi connectivity index (χ1v) is 9.39. The molecular weight excluding hydrogens is 228 g/mol. The van der Waals surface area contributed by atoms with Crippen molar-refractivity contribution in [2.75, 3.05) is 6.61 Å². The maximum Gasteiger partial charge on any atom is 0.191 e. The zero-order chi connectivity index (χ0) is 13.5. The van der Waals surface area contributed by atoms with E-state index < -0.39 is 8.32 Å². The number of unbranched alkanes of at least 4 members (excludes halogenated alkanes) is 2. The van der Waals surface area contributed by atoms with Crippen LogP contribution in [-0.4, -0.2) is 20.7 Å². The minimum absolute atomic E-state index is 0.127. The second-order valence-electron chi connectivity index (χ2n) is 6.12. The molecule has 0 saturated heterocycles. The number of rotatable bonds is 7. The fraction of sp³-hybridized carbons (Fsp3) is 0.786. The van der Waals surface area contributed by atoms with E-state index in [1.165, 1.54) is 0 Å². The van der Waals surface area contributed by atoms with Crippen LogP contribution in [0.2, 0.25) is 18.1 Å². The molecule has 0 atom stereocenters. The van der Waals surface area contributed by atoms with Crippen LogP contribution >= 0.6 is 0 Å². The number of carbonyl (C=O) groups excluding carboxylic acids is 1. The largest absolute Gasteiger partial charge is 0.417 e. The van der Waals surface area contributed by atoms with Gasteiger partial charge in [0.25, 0.3) is 0 Å². The van der Waals surface area contributed by atoms with Gasteiger partial charge in [0.15, 0.2) is 14.1 Å². The number of carbonyl (C=O) groups is 1. The maximum atomic E-state index is 10.7. The molecule has 0 aliphatic carbocycles. The Morgan fingerprint density at radius 1 is 1.24 bits per heavy atom. The molecule has 0 amide bonds. The molecule has 0 rings (SSSR count). The molecule has 2 nitrogen and oxygen atoms in total. The van der Waals surface area contributed by atoms with Gasteiger partial charge in [-0.2, -0.15) is 0 Å². The molecular formula is C14H28O2Si. The molecule has 3 heteroatoms. The third kappa shape index (κ3) is 7.50. The molecule has 0 fully saturated rings. The zero-order valence-electron chi connectivity index (χ0n) is 12.3. The van der Waals surface area contributed by atoms with E-state index in [1.54, 1.807) is 13.0 Å². The van der Waals surface area contributed by atoms with E-state index in [9.17, 15) is 4.79 Å². The van der Waals surface area contributed by atoms with Gasteiger partial charge in [-0.05, 0) is 50.4 Å². The van der Waals surface area contributed by atoms with Crippen molar-refractivity contribution in [2.24, 2.45) is 0 Å². The van der Waals surface area contributed by atoms with Gasteiger partial charge in [0.1, 0.15) is 0 Å². The summed E-state index contributed by atoms with van der Waals surface area (Å²) in [5, 5.41) is 0.293. The topological polar surface area (TPSA) is 26.3 Å². The summed E-state index contributed by atoms with van der Waals surface area (Å²) in [5.41, 5.74) is 0. The van der Waals surface area contributed by atoms with Gasteiger partial charge in [0.2, 0.25) is 0 Å². The van der Waals surface area contributed by atoms with Crippen molar-refractivity contribution in [1.29, 1.82) is 0 Å². The number of hydrogen-bond acceptors (Lipinski definition) is 2. The lowest BCUT2D eigenvalue weighted by Gasteiger charge is -2.36. The first kappa shape index (κ1) is 16.6. The van der Waals surface area contributed by atoms with Crippen LogP contribution in [0.3, 0.4) is 0 Å². The first-order chi connectivity index (χ1) is 7.67. The van der Waals surface area contributed by atoms with E-state index in [0.29, 0.717) is 5.04 Å². The Morgan fingerprint density at radius 3 is 2.29 bits per heavy atom. The average Bonchev–Trinajstić information content (AvgIpc) is 2.13. The van der Waals surface area contributed by atoms with Gasteiger partial charge in [-0.3, -0.25) is 4.79 Å². The van der Waals surface area contributed by atoms with Crippen molar-refractivity contribution in [3.8, 4) is 0 Å². The highest BCUT2D eigenvalue weighted by Gasteiger charge is 2.36. The lowest BCUT2D eigenvalue weighted by molar-refractivity contribution is -0.112. The molecule has 0 aliphatic rings.